The maximum absolute atomic E-state index is 13.7. The van der Waals surface area contributed by atoms with Gasteiger partial charge in [-0.3, -0.25) is 19.2 Å². The second-order valence-electron chi connectivity index (χ2n) is 35.0. The Balaban J connectivity index is 1.14. The van der Waals surface area contributed by atoms with Gasteiger partial charge in [-0.05, 0) is 19.3 Å². The number of aliphatic hydroxyl groups excluding tert-OH is 19. The van der Waals surface area contributed by atoms with Crippen molar-refractivity contribution < 1.29 is 193 Å². The van der Waals surface area contributed by atoms with Gasteiger partial charge in [0, 0.05) is 40.0 Å². The Bertz CT molecular complexity index is 3240. The van der Waals surface area contributed by atoms with E-state index in [1.54, 1.807) is 6.08 Å². The molecule has 750 valence electrons. The molecule has 6 aliphatic heterocycles. The molecule has 6 heterocycles. The molecule has 129 heavy (non-hydrogen) atoms. The zero-order chi connectivity index (χ0) is 95.2. The third-order valence-electron chi connectivity index (χ3n) is 24.6. The summed E-state index contributed by atoms with van der Waals surface area (Å²) in [5.74, 6) is -14.5. The SMILES string of the molecule is CCCCCCCCCCCCC/C=C/[C@@H](O)[C@H](CO[C@@H]1OC(CO)[C@@H](O[C@@H]2OC(CO)[C@H](O)[C@H](O[C@@H]3OC(CO)[C@@H](O[C@@H]4OC(CO)[C@H](O)[C@H](O[C@]5(C(=O)O)CC(O)[C@@H](NC(C)=O)C([C@H](O)[C@@H](CO)O[C@]6(C(=O)O)CC(O)[C@@H](NC(C)=O)C([C@H](O)[C@H](O)CO)O6)O5)C4O)[C@H](O)C3NC(C)=O)C2O)[C@H](O)C1O)NC(=O)CCCCCCCCCCCCCCCCCCC. The molecule has 43 heteroatoms. The van der Waals surface area contributed by atoms with Gasteiger partial charge in [0.05, 0.1) is 82.7 Å². The highest BCUT2D eigenvalue weighted by atomic mass is 16.8. The van der Waals surface area contributed by atoms with Gasteiger partial charge in [0.1, 0.15) is 134 Å². The fraction of sp³-hybridized carbons (Fsp3) is 0.907. The average molecular weight is 1870 g/mol. The maximum atomic E-state index is 13.7. The number of allylic oxidation sites excluding steroid dienone is 1. The number of carboxylic acids is 2. The summed E-state index contributed by atoms with van der Waals surface area (Å²) in [4.78, 5) is 78.6. The first kappa shape index (κ1) is 113. The van der Waals surface area contributed by atoms with E-state index in [2.05, 4.69) is 35.1 Å². The Labute approximate surface area is 752 Å². The normalized spacial score (nSPS) is 34.8. The number of aliphatic hydroxyl groups is 19. The van der Waals surface area contributed by atoms with E-state index in [-0.39, 0.29) is 12.3 Å². The molecule has 6 rings (SSSR count). The first-order valence-corrected chi connectivity index (χ1v) is 46.2. The van der Waals surface area contributed by atoms with Crippen LogP contribution in [0.5, 0.6) is 0 Å². The van der Waals surface area contributed by atoms with E-state index in [0.29, 0.717) is 12.8 Å². The summed E-state index contributed by atoms with van der Waals surface area (Å²) in [6.07, 6.45) is -26.1. The van der Waals surface area contributed by atoms with Crippen molar-refractivity contribution in [2.24, 2.45) is 0 Å². The average Bonchev–Trinajstić information content (AvgIpc) is 1.20. The highest BCUT2D eigenvalue weighted by molar-refractivity contribution is 5.78. The highest BCUT2D eigenvalue weighted by Gasteiger charge is 2.64. The largest absolute Gasteiger partial charge is 0.477 e. The van der Waals surface area contributed by atoms with Crippen molar-refractivity contribution in [2.75, 3.05) is 46.2 Å². The molecule has 4 amide bonds. The first-order valence-electron chi connectivity index (χ1n) is 46.2. The van der Waals surface area contributed by atoms with Gasteiger partial charge in [0.15, 0.2) is 25.2 Å². The molecule has 6 saturated heterocycles. The number of ether oxygens (including phenoxy) is 12. The van der Waals surface area contributed by atoms with Gasteiger partial charge in [0.2, 0.25) is 23.6 Å². The van der Waals surface area contributed by atoms with Crippen LogP contribution in [-0.2, 0) is 85.6 Å². The number of aliphatic carboxylic acids is 2. The van der Waals surface area contributed by atoms with Crippen molar-refractivity contribution >= 4 is 35.6 Å². The predicted octanol–water partition coefficient (Wildman–Crippen LogP) is -3.09. The molecular weight excluding hydrogens is 1710 g/mol. The Hall–Kier alpha value is -4.68. The lowest BCUT2D eigenvalue weighted by Gasteiger charge is -2.52. The van der Waals surface area contributed by atoms with Crippen LogP contribution >= 0.6 is 0 Å². The highest BCUT2D eigenvalue weighted by Crippen LogP contribution is 2.42. The molecule has 0 aliphatic carbocycles. The van der Waals surface area contributed by atoms with Crippen LogP contribution in [0.1, 0.15) is 240 Å². The lowest BCUT2D eigenvalue weighted by molar-refractivity contribution is -0.391. The Kier molecular flexibility index (Phi) is 50.9. The van der Waals surface area contributed by atoms with Gasteiger partial charge in [-0.15, -0.1) is 0 Å². The van der Waals surface area contributed by atoms with Crippen LogP contribution in [-0.4, -0.2) is 396 Å². The summed E-state index contributed by atoms with van der Waals surface area (Å²) < 4.78 is 70.6. The minimum Gasteiger partial charge on any atom is -0.477 e. The van der Waals surface area contributed by atoms with Crippen LogP contribution in [0, 0.1) is 0 Å². The molecule has 0 aromatic heterocycles. The molecule has 43 nitrogen and oxygen atoms in total. The molecule has 34 atom stereocenters. The summed E-state index contributed by atoms with van der Waals surface area (Å²) in [6.45, 7) is -0.507. The zero-order valence-electron chi connectivity index (χ0n) is 74.9. The summed E-state index contributed by atoms with van der Waals surface area (Å²) in [5.41, 5.74) is 0. The number of carboxylic acid groups (broad SMARTS) is 2. The zero-order valence-corrected chi connectivity index (χ0v) is 74.9. The van der Waals surface area contributed by atoms with E-state index in [4.69, 9.17) is 56.8 Å². The van der Waals surface area contributed by atoms with Crippen molar-refractivity contribution in [1.29, 1.82) is 0 Å². The Morgan fingerprint density at radius 2 is 0.806 bits per heavy atom. The molecule has 0 radical (unpaired) electrons. The van der Waals surface area contributed by atoms with Gasteiger partial charge in [-0.1, -0.05) is 193 Å². The first-order chi connectivity index (χ1) is 61.6. The van der Waals surface area contributed by atoms with E-state index < -0.39 is 296 Å². The van der Waals surface area contributed by atoms with Crippen molar-refractivity contribution in [3.05, 3.63) is 12.2 Å². The molecule has 6 fully saturated rings. The minimum absolute atomic E-state index is 0.147. The van der Waals surface area contributed by atoms with E-state index in [1.165, 1.54) is 116 Å². The molecule has 12 unspecified atom stereocenters. The number of hydrogen-bond donors (Lipinski definition) is 25. The molecule has 0 aromatic carbocycles. The van der Waals surface area contributed by atoms with E-state index in [0.717, 1.165) is 78.6 Å². The Morgan fingerprint density at radius 1 is 0.419 bits per heavy atom. The Morgan fingerprint density at radius 3 is 1.25 bits per heavy atom. The topological polar surface area (TPSA) is 686 Å². The summed E-state index contributed by atoms with van der Waals surface area (Å²) in [5, 5.41) is 246. The molecule has 0 spiro atoms. The summed E-state index contributed by atoms with van der Waals surface area (Å²) in [7, 11) is 0. The molecule has 25 N–H and O–H groups in total. The molecule has 6 aliphatic rings. The van der Waals surface area contributed by atoms with Crippen LogP contribution < -0.4 is 21.3 Å². The number of unbranched alkanes of at least 4 members (excludes halogenated alkanes) is 27. The maximum Gasteiger partial charge on any atom is 0.364 e. The number of carbonyl (C=O) groups is 6. The second kappa shape index (κ2) is 58.0. The third kappa shape index (κ3) is 33.6. The van der Waals surface area contributed by atoms with Gasteiger partial charge in [-0.25, -0.2) is 9.59 Å². The van der Waals surface area contributed by atoms with Crippen molar-refractivity contribution in [2.45, 2.75) is 447 Å². The number of nitrogens with one attached hydrogen (secondary N) is 4. The fourth-order valence-corrected chi connectivity index (χ4v) is 17.3. The quantitative estimate of drug-likeness (QED) is 0.0212. The number of rotatable bonds is 61. The number of hydrogen-bond acceptors (Lipinski definition) is 37. The number of amides is 4. The van der Waals surface area contributed by atoms with Crippen LogP contribution in [0.25, 0.3) is 0 Å². The monoisotopic (exact) mass is 1870 g/mol. The second-order valence-corrected chi connectivity index (χ2v) is 35.0. The standard InChI is InChI=1S/C86H152N4O39/c1-6-8-10-12-14-16-18-20-21-22-23-25-27-29-31-33-35-37-60(104)90-50(51(100)36-34-32-30-28-26-24-19-17-15-13-11-9-7-2)46-118-80-70(111)69(110)74(59(45-96)122-80)124-81-71(112)77(65(106)55(41-92)119-81)125-79-63(89-49(5)99)68(109)73(58(44-95)121-79)123-82-72(113)78(66(107)56(42-93)120-82)129-86(84(116)117)39-53(102)62(88-48(4)98)76(128-86)67(108)57(43-94)126-85(83(114)115)38-52(101)61(87-47(3)97)75(127-85)64(105)54(103)40-91/h34,36,50-59,61-82,91-96,100-103,105-113H,6-33,35,37-46H2,1-5H3,(H,87,97)(H,88,98)(H,89,99)(H,90,104)(H,114,115)(H,116,117)/b36-34+/t50-,51+,52?,53?,54+,55?,56?,57+,58?,59?,61+,62+,63?,64+,65-,66-,67+,68+,69+,70?,71?,72?,73+,74+,75?,76?,77-,78-,79-,80+,81-,82-,85+,86-/m0/s1. The van der Waals surface area contributed by atoms with Gasteiger partial charge in [0.25, 0.3) is 11.6 Å². The van der Waals surface area contributed by atoms with Gasteiger partial charge >= 0.3 is 11.9 Å². The van der Waals surface area contributed by atoms with Crippen molar-refractivity contribution in [3.63, 3.8) is 0 Å². The lowest BCUT2D eigenvalue weighted by atomic mass is 9.87. The van der Waals surface area contributed by atoms with Gasteiger partial charge < -0.3 is 185 Å². The molecule has 0 saturated carbocycles. The van der Waals surface area contributed by atoms with Crippen LogP contribution in [0.4, 0.5) is 0 Å². The van der Waals surface area contributed by atoms with Crippen molar-refractivity contribution in [1.82, 2.24) is 21.3 Å². The molecular formula is C86H152N4O39. The van der Waals surface area contributed by atoms with Crippen molar-refractivity contribution in [3.8, 4) is 0 Å². The van der Waals surface area contributed by atoms with E-state index in [9.17, 15) is 136 Å². The van der Waals surface area contributed by atoms with E-state index >= 15 is 0 Å². The number of carbonyl (C=O) groups excluding carboxylic acids is 4. The fourth-order valence-electron chi connectivity index (χ4n) is 17.3. The minimum atomic E-state index is -3.51. The third-order valence-corrected chi connectivity index (χ3v) is 24.6. The van der Waals surface area contributed by atoms with Crippen LogP contribution in [0.15, 0.2) is 12.2 Å². The summed E-state index contributed by atoms with van der Waals surface area (Å²) >= 11 is 0. The predicted molar refractivity (Wildman–Crippen MR) is 449 cm³/mol. The molecule has 0 aromatic rings. The lowest BCUT2D eigenvalue weighted by Crippen LogP contribution is -2.72. The molecule has 0 bridgehead atoms. The van der Waals surface area contributed by atoms with Gasteiger partial charge in [-0.2, -0.15) is 0 Å². The van der Waals surface area contributed by atoms with Crippen LogP contribution in [0.2, 0.25) is 0 Å². The van der Waals surface area contributed by atoms with E-state index in [1.807, 2.05) is 6.08 Å². The smallest absolute Gasteiger partial charge is 0.364 e. The summed E-state index contributed by atoms with van der Waals surface area (Å²) in [6, 6.07) is -6.84. The van der Waals surface area contributed by atoms with Crippen LogP contribution in [0.3, 0.4) is 0 Å².